The number of imidazole rings is 1. The van der Waals surface area contributed by atoms with Crippen LogP contribution in [0.25, 0.3) is 11.2 Å². The predicted molar refractivity (Wildman–Crippen MR) is 91.6 cm³/mol. The molecule has 3 heterocycles. The van der Waals surface area contributed by atoms with E-state index in [1.165, 1.54) is 38.4 Å². The Hall–Kier alpha value is -2.18. The lowest BCUT2D eigenvalue weighted by Crippen LogP contribution is -2.47. The zero-order chi connectivity index (χ0) is 16.5. The van der Waals surface area contributed by atoms with E-state index in [2.05, 4.69) is 19.9 Å². The highest BCUT2D eigenvalue weighted by atomic mass is 16.2. The fraction of sp³-hybridized carbons (Fsp3) is 0.647. The summed E-state index contributed by atoms with van der Waals surface area (Å²) in [5.41, 5.74) is 1.40. The summed E-state index contributed by atoms with van der Waals surface area (Å²) in [7, 11) is 1.90. The molecule has 0 unspecified atom stereocenters. The van der Waals surface area contributed by atoms with Gasteiger partial charge in [-0.05, 0) is 24.7 Å². The second-order valence-corrected chi connectivity index (χ2v) is 7.09. The number of carbonyl (C=O) groups excluding carboxylic acids is 1. The quantitative estimate of drug-likeness (QED) is 0.930. The van der Waals surface area contributed by atoms with E-state index >= 15 is 0 Å². The van der Waals surface area contributed by atoms with Crippen molar-refractivity contribution in [2.75, 3.05) is 31.6 Å². The third-order valence-electron chi connectivity index (χ3n) is 5.58. The molecule has 2 aliphatic rings. The molecular weight excluding hydrogens is 304 g/mol. The number of nitrogens with one attached hydrogen (secondary N) is 1. The third-order valence-corrected chi connectivity index (χ3v) is 5.58. The molecule has 24 heavy (non-hydrogen) atoms. The van der Waals surface area contributed by atoms with Crippen LogP contribution in [0.4, 0.5) is 5.82 Å². The zero-order valence-corrected chi connectivity index (χ0v) is 14.1. The van der Waals surface area contributed by atoms with Gasteiger partial charge in [0.15, 0.2) is 11.5 Å². The average Bonchev–Trinajstić information content (AvgIpc) is 3.09. The minimum Gasteiger partial charge on any atom is -0.348 e. The van der Waals surface area contributed by atoms with Crippen LogP contribution in [-0.4, -0.2) is 57.4 Å². The molecule has 0 aromatic carbocycles. The highest BCUT2D eigenvalue weighted by molar-refractivity contribution is 5.87. The van der Waals surface area contributed by atoms with Gasteiger partial charge in [0, 0.05) is 20.1 Å². The smallest absolute Gasteiger partial charge is 0.242 e. The third kappa shape index (κ3) is 2.83. The average molecular weight is 328 g/mol. The van der Waals surface area contributed by atoms with Gasteiger partial charge in [-0.15, -0.1) is 0 Å². The first-order chi connectivity index (χ1) is 11.7. The summed E-state index contributed by atoms with van der Waals surface area (Å²) in [4.78, 5) is 32.3. The van der Waals surface area contributed by atoms with Crippen molar-refractivity contribution in [3.05, 3.63) is 12.7 Å². The van der Waals surface area contributed by atoms with Gasteiger partial charge in [-0.2, -0.15) is 0 Å². The largest absolute Gasteiger partial charge is 0.348 e. The number of nitrogens with zero attached hydrogens (tertiary/aromatic N) is 5. The van der Waals surface area contributed by atoms with Gasteiger partial charge in [0.2, 0.25) is 5.91 Å². The predicted octanol–water partition coefficient (Wildman–Crippen LogP) is 1.83. The van der Waals surface area contributed by atoms with Gasteiger partial charge in [-0.1, -0.05) is 19.3 Å². The van der Waals surface area contributed by atoms with Crippen LogP contribution in [0.3, 0.4) is 0 Å². The number of piperidine rings is 1. The number of rotatable bonds is 3. The summed E-state index contributed by atoms with van der Waals surface area (Å²) in [5, 5.41) is 0. The minimum absolute atomic E-state index is 0.188. The van der Waals surface area contributed by atoms with E-state index in [4.69, 9.17) is 0 Å². The lowest BCUT2D eigenvalue weighted by molar-refractivity contribution is -0.132. The molecule has 7 heteroatoms. The van der Waals surface area contributed by atoms with Crippen LogP contribution in [0, 0.1) is 11.8 Å². The fourth-order valence-corrected chi connectivity index (χ4v) is 4.25. The summed E-state index contributed by atoms with van der Waals surface area (Å²) in [6, 6.07) is 0. The van der Waals surface area contributed by atoms with Crippen LogP contribution in [0.15, 0.2) is 12.7 Å². The molecule has 1 aliphatic carbocycles. The Labute approximate surface area is 141 Å². The molecular formula is C17H24N6O. The number of H-pyrrole nitrogens is 1. The normalized spacial score (nSPS) is 24.0. The van der Waals surface area contributed by atoms with Crippen LogP contribution in [-0.2, 0) is 4.79 Å². The molecule has 1 saturated carbocycles. The number of anilines is 1. The molecule has 1 aliphatic heterocycles. The second kappa shape index (κ2) is 6.37. The molecule has 7 nitrogen and oxygen atoms in total. The maximum atomic E-state index is 12.7. The molecule has 1 amide bonds. The second-order valence-electron chi connectivity index (χ2n) is 7.09. The topological polar surface area (TPSA) is 78.0 Å². The number of aromatic amines is 1. The SMILES string of the molecule is CN(CC(=O)N1CC[C@H]2CCCC[C@H]2C1)c1ncnc2nc[nH]c12. The fourth-order valence-electron chi connectivity index (χ4n) is 4.25. The standard InChI is InChI=1S/C17H24N6O/c1-22(17-15-16(19-10-18-15)20-11-21-17)9-14(24)23-7-6-12-4-2-3-5-13(12)8-23/h10-13H,2-9H2,1H3,(H,18,19,20,21)/t12-,13+/m1/s1. The Morgan fingerprint density at radius 2 is 2.08 bits per heavy atom. The van der Waals surface area contributed by atoms with Gasteiger partial charge in [0.05, 0.1) is 12.9 Å². The van der Waals surface area contributed by atoms with Gasteiger partial charge in [0.25, 0.3) is 0 Å². The number of carbonyl (C=O) groups is 1. The van der Waals surface area contributed by atoms with Gasteiger partial charge in [0.1, 0.15) is 11.8 Å². The van der Waals surface area contributed by atoms with Crippen LogP contribution >= 0.6 is 0 Å². The minimum atomic E-state index is 0.188. The Morgan fingerprint density at radius 3 is 2.96 bits per heavy atom. The van der Waals surface area contributed by atoms with Crippen LogP contribution in [0.1, 0.15) is 32.1 Å². The van der Waals surface area contributed by atoms with E-state index in [-0.39, 0.29) is 5.91 Å². The van der Waals surface area contributed by atoms with Crippen LogP contribution in [0.2, 0.25) is 0 Å². The van der Waals surface area contributed by atoms with Crippen molar-refractivity contribution < 1.29 is 4.79 Å². The Bertz CT molecular complexity index is 729. The van der Waals surface area contributed by atoms with E-state index < -0.39 is 0 Å². The summed E-state index contributed by atoms with van der Waals surface area (Å²) in [5.74, 6) is 2.46. The molecule has 2 fully saturated rings. The lowest BCUT2D eigenvalue weighted by atomic mass is 9.75. The van der Waals surface area contributed by atoms with E-state index in [1.807, 2.05) is 16.8 Å². The molecule has 4 rings (SSSR count). The van der Waals surface area contributed by atoms with Gasteiger partial charge in [-0.25, -0.2) is 15.0 Å². The molecule has 0 bridgehead atoms. The molecule has 1 saturated heterocycles. The summed E-state index contributed by atoms with van der Waals surface area (Å²) in [6.07, 6.45) is 9.58. The first kappa shape index (κ1) is 15.4. The highest BCUT2D eigenvalue weighted by Gasteiger charge is 2.33. The van der Waals surface area contributed by atoms with Crippen molar-refractivity contribution in [2.45, 2.75) is 32.1 Å². The Balaban J connectivity index is 1.43. The summed E-state index contributed by atoms with van der Waals surface area (Å²) >= 11 is 0. The maximum Gasteiger partial charge on any atom is 0.242 e. The van der Waals surface area contributed by atoms with E-state index in [9.17, 15) is 4.79 Å². The monoisotopic (exact) mass is 328 g/mol. The lowest BCUT2D eigenvalue weighted by Gasteiger charge is -2.41. The van der Waals surface area contributed by atoms with Crippen molar-refractivity contribution in [3.63, 3.8) is 0 Å². The summed E-state index contributed by atoms with van der Waals surface area (Å²) < 4.78 is 0. The Kier molecular flexibility index (Phi) is 4.08. The van der Waals surface area contributed by atoms with Crippen molar-refractivity contribution in [3.8, 4) is 0 Å². The van der Waals surface area contributed by atoms with Gasteiger partial charge >= 0.3 is 0 Å². The number of hydrogen-bond acceptors (Lipinski definition) is 5. The molecule has 2 atom stereocenters. The maximum absolute atomic E-state index is 12.7. The van der Waals surface area contributed by atoms with Crippen molar-refractivity contribution in [1.29, 1.82) is 0 Å². The van der Waals surface area contributed by atoms with Gasteiger partial charge < -0.3 is 14.8 Å². The Morgan fingerprint density at radius 1 is 1.25 bits per heavy atom. The highest BCUT2D eigenvalue weighted by Crippen LogP contribution is 2.36. The number of hydrogen-bond donors (Lipinski definition) is 1. The zero-order valence-electron chi connectivity index (χ0n) is 14.1. The number of aromatic nitrogens is 4. The van der Waals surface area contributed by atoms with Crippen molar-refractivity contribution in [2.24, 2.45) is 11.8 Å². The molecule has 2 aromatic rings. The molecule has 2 aromatic heterocycles. The van der Waals surface area contributed by atoms with E-state index in [0.29, 0.717) is 18.1 Å². The first-order valence-electron chi connectivity index (χ1n) is 8.85. The van der Waals surface area contributed by atoms with Crippen molar-refractivity contribution in [1.82, 2.24) is 24.8 Å². The van der Waals surface area contributed by atoms with Crippen LogP contribution < -0.4 is 4.90 Å². The first-order valence-corrected chi connectivity index (χ1v) is 8.85. The molecule has 1 N–H and O–H groups in total. The molecule has 128 valence electrons. The number of amides is 1. The number of likely N-dealkylation sites (tertiary alicyclic amines) is 1. The van der Waals surface area contributed by atoms with E-state index in [0.717, 1.165) is 30.3 Å². The number of fused-ring (bicyclic) bond motifs is 2. The summed E-state index contributed by atoms with van der Waals surface area (Å²) in [6.45, 7) is 2.17. The van der Waals surface area contributed by atoms with Crippen molar-refractivity contribution >= 4 is 22.9 Å². The van der Waals surface area contributed by atoms with Gasteiger partial charge in [-0.3, -0.25) is 4.79 Å². The van der Waals surface area contributed by atoms with E-state index in [1.54, 1.807) is 6.33 Å². The molecule has 0 radical (unpaired) electrons. The van der Waals surface area contributed by atoms with Crippen LogP contribution in [0.5, 0.6) is 0 Å². The molecule has 0 spiro atoms. The number of likely N-dealkylation sites (N-methyl/N-ethyl adjacent to an activating group) is 1.